The van der Waals surface area contributed by atoms with Crippen LogP contribution in [0.1, 0.15) is 105 Å². The molecule has 8 nitrogen and oxygen atoms in total. The summed E-state index contributed by atoms with van der Waals surface area (Å²) < 4.78 is 28.8. The van der Waals surface area contributed by atoms with Gasteiger partial charge in [0.25, 0.3) is 0 Å². The molecular weight excluding hydrogens is 628 g/mol. The Bertz CT molecular complexity index is 946. The molecule has 1 N–H and O–H groups in total. The van der Waals surface area contributed by atoms with Gasteiger partial charge in [-0.3, -0.25) is 9.36 Å². The average Bonchev–Trinajstić information content (AvgIpc) is 3.76. The fourth-order valence-corrected chi connectivity index (χ4v) is 5.69. The van der Waals surface area contributed by atoms with Crippen molar-refractivity contribution in [2.45, 2.75) is 122 Å². The quantitative estimate of drug-likeness (QED) is 0.354. The Balaban J connectivity index is 0.000000219. The maximum Gasteiger partial charge on any atom is 0.158 e. The molecule has 4 aliphatic rings. The van der Waals surface area contributed by atoms with Crippen molar-refractivity contribution >= 4 is 31.9 Å². The third-order valence-corrected chi connectivity index (χ3v) is 7.79. The first kappa shape index (κ1) is 32.3. The molecule has 10 heteroatoms. The topological polar surface area (TPSA) is 83.6 Å². The second-order valence-corrected chi connectivity index (χ2v) is 11.5. The summed E-state index contributed by atoms with van der Waals surface area (Å²) in [6, 6.07) is 0.554. The maximum atomic E-state index is 9.58. The molecule has 0 aromatic carbocycles. The van der Waals surface area contributed by atoms with E-state index in [0.29, 0.717) is 12.9 Å². The Morgan fingerprint density at radius 2 is 1.59 bits per heavy atom. The lowest BCUT2D eigenvalue weighted by Gasteiger charge is -2.28. The van der Waals surface area contributed by atoms with Crippen molar-refractivity contribution in [3.8, 4) is 0 Å². The lowest BCUT2D eigenvalue weighted by molar-refractivity contribution is -0.193. The van der Waals surface area contributed by atoms with Crippen LogP contribution in [0, 0.1) is 0 Å². The maximum absolute atomic E-state index is 9.58. The van der Waals surface area contributed by atoms with E-state index in [1.165, 1.54) is 32.1 Å². The van der Waals surface area contributed by atoms with Gasteiger partial charge < -0.3 is 19.3 Å². The Labute approximate surface area is 253 Å². The molecule has 5 unspecified atom stereocenters. The summed E-state index contributed by atoms with van der Waals surface area (Å²) in [5.74, 6) is 0. The number of hydrogen-bond donors (Lipinski definition) is 1. The fourth-order valence-electron chi connectivity index (χ4n) is 5.09. The van der Waals surface area contributed by atoms with Crippen molar-refractivity contribution < 1.29 is 20.7 Å². The van der Waals surface area contributed by atoms with E-state index in [-0.39, 0.29) is 32.0 Å². The van der Waals surface area contributed by atoms with E-state index in [9.17, 15) is 5.11 Å². The van der Waals surface area contributed by atoms with Crippen LogP contribution in [-0.2, 0) is 14.2 Å². The van der Waals surface area contributed by atoms with E-state index in [1.54, 1.807) is 19.4 Å². The van der Waals surface area contributed by atoms with Crippen LogP contribution >= 0.6 is 31.9 Å². The zero-order chi connectivity index (χ0) is 27.9. The molecular formula is C29H48Br2N4O4. The van der Waals surface area contributed by atoms with Gasteiger partial charge in [0, 0.05) is 20.4 Å². The van der Waals surface area contributed by atoms with Crippen molar-refractivity contribution in [3.63, 3.8) is 0 Å². The lowest BCUT2D eigenvalue weighted by atomic mass is 10.2. The molecule has 4 heterocycles. The van der Waals surface area contributed by atoms with Gasteiger partial charge in [0.1, 0.15) is 0 Å². The Kier molecular flexibility index (Phi) is 15.8. The molecule has 3 fully saturated rings. The number of rotatable bonds is 4. The van der Waals surface area contributed by atoms with Crippen LogP contribution in [0.4, 0.5) is 0 Å². The summed E-state index contributed by atoms with van der Waals surface area (Å²) in [6.45, 7) is 4.05. The van der Waals surface area contributed by atoms with Gasteiger partial charge in [-0.2, -0.15) is 10.2 Å². The van der Waals surface area contributed by atoms with Crippen LogP contribution in [0.5, 0.6) is 0 Å². The lowest BCUT2D eigenvalue weighted by Crippen LogP contribution is -2.31. The second kappa shape index (κ2) is 19.0. The summed E-state index contributed by atoms with van der Waals surface area (Å²) in [7, 11) is 0. The van der Waals surface area contributed by atoms with Gasteiger partial charge in [-0.25, -0.2) is 0 Å². The molecule has 2 aliphatic heterocycles. The third-order valence-electron chi connectivity index (χ3n) is 6.97. The van der Waals surface area contributed by atoms with Crippen LogP contribution in [-0.4, -0.2) is 56.4 Å². The van der Waals surface area contributed by atoms with Crippen LogP contribution in [0.2, 0.25) is 0 Å². The zero-order valence-corrected chi connectivity index (χ0v) is 25.6. The van der Waals surface area contributed by atoms with Crippen molar-refractivity contribution in [3.05, 3.63) is 46.1 Å². The van der Waals surface area contributed by atoms with Crippen molar-refractivity contribution in [2.75, 3.05) is 13.2 Å². The van der Waals surface area contributed by atoms with Gasteiger partial charge in [0.2, 0.25) is 0 Å². The smallest absolute Gasteiger partial charge is 0.158 e. The Hall–Kier alpha value is -1.20. The third kappa shape index (κ3) is 11.3. The van der Waals surface area contributed by atoms with Gasteiger partial charge >= 0.3 is 0 Å². The number of aromatic nitrogens is 4. The molecule has 5 atom stereocenters. The standard InChI is InChI=1S/C13H19BrN2O2.C8H11BrN2O.C5H8O.C2H6.CH4/c14-10-8-15-16(9-10)11-4-3-5-12(11)18-13-6-1-2-7-17-13;9-6-4-10-11(5-6)7-2-1-3-8(7)12;1-2-4-6-5-3-1;1-2;/h8-9,11-13H,1-7H2;4-5,7-8,12H,1-3H2;2,4H,1,3,5H2;1-2H3;1H4/i;;;1D;. The number of ether oxygens (including phenoxy) is 3. The van der Waals surface area contributed by atoms with Crippen molar-refractivity contribution in [1.82, 2.24) is 19.6 Å². The number of aliphatic hydroxyl groups excluding tert-OH is 1. The van der Waals surface area contributed by atoms with Gasteiger partial charge in [0.05, 0.1) is 58.5 Å². The predicted octanol–water partition coefficient (Wildman–Crippen LogP) is 7.99. The first-order chi connectivity index (χ1) is 19.0. The van der Waals surface area contributed by atoms with Gasteiger partial charge in [0.15, 0.2) is 6.29 Å². The number of aliphatic hydroxyl groups is 1. The van der Waals surface area contributed by atoms with Crippen LogP contribution in [0.25, 0.3) is 0 Å². The summed E-state index contributed by atoms with van der Waals surface area (Å²) in [5.41, 5.74) is 0. The molecule has 222 valence electrons. The molecule has 1 saturated heterocycles. The van der Waals surface area contributed by atoms with Gasteiger partial charge in [-0.15, -0.1) is 0 Å². The molecule has 0 bridgehead atoms. The van der Waals surface area contributed by atoms with Crippen LogP contribution in [0.15, 0.2) is 46.1 Å². The second-order valence-electron chi connectivity index (χ2n) is 9.70. The molecule has 2 aromatic heterocycles. The zero-order valence-electron chi connectivity index (χ0n) is 23.5. The first-order valence-corrected chi connectivity index (χ1v) is 15.5. The van der Waals surface area contributed by atoms with Crippen LogP contribution in [0.3, 0.4) is 0 Å². The van der Waals surface area contributed by atoms with Crippen molar-refractivity contribution in [1.29, 1.82) is 0 Å². The molecule has 0 radical (unpaired) electrons. The summed E-state index contributed by atoms with van der Waals surface area (Å²) in [4.78, 5) is 0. The summed E-state index contributed by atoms with van der Waals surface area (Å²) in [5, 5.41) is 18.1. The highest BCUT2D eigenvalue weighted by Gasteiger charge is 2.33. The number of halogens is 2. The summed E-state index contributed by atoms with van der Waals surface area (Å²) in [6.07, 6.45) is 23.7. The normalized spacial score (nSPS) is 27.8. The highest BCUT2D eigenvalue weighted by atomic mass is 79.9. The van der Waals surface area contributed by atoms with Crippen LogP contribution < -0.4 is 0 Å². The molecule has 0 spiro atoms. The molecule has 0 amide bonds. The highest BCUT2D eigenvalue weighted by Crippen LogP contribution is 2.34. The SMILES string of the molecule is Brc1cnn(C2CCCC2OC2CCCCO2)c1.C.C1=COCCC1.OC1CCCC1n1cc(Br)cn1.[2H]CC. The van der Waals surface area contributed by atoms with E-state index in [0.717, 1.165) is 60.7 Å². The fraction of sp³-hybridized carbons (Fsp3) is 0.724. The summed E-state index contributed by atoms with van der Waals surface area (Å²) >= 11 is 6.78. The Morgan fingerprint density at radius 3 is 2.05 bits per heavy atom. The minimum atomic E-state index is -0.211. The largest absolute Gasteiger partial charge is 0.502 e. The number of allylic oxidation sites excluding steroid dienone is 1. The van der Waals surface area contributed by atoms with Gasteiger partial charge in [-0.1, -0.05) is 21.3 Å². The number of nitrogens with zero attached hydrogens (tertiary/aromatic N) is 4. The highest BCUT2D eigenvalue weighted by molar-refractivity contribution is 9.10. The van der Waals surface area contributed by atoms with E-state index < -0.39 is 0 Å². The van der Waals surface area contributed by atoms with E-state index in [4.69, 9.17) is 15.6 Å². The van der Waals surface area contributed by atoms with E-state index >= 15 is 0 Å². The minimum absolute atomic E-state index is 0. The predicted molar refractivity (Wildman–Crippen MR) is 163 cm³/mol. The van der Waals surface area contributed by atoms with E-state index in [2.05, 4.69) is 42.1 Å². The average molecular weight is 678 g/mol. The minimum Gasteiger partial charge on any atom is -0.502 e. The molecule has 2 saturated carbocycles. The molecule has 6 rings (SSSR count). The first-order valence-electron chi connectivity index (χ1n) is 14.6. The molecule has 39 heavy (non-hydrogen) atoms. The monoisotopic (exact) mass is 675 g/mol. The molecule has 2 aromatic rings. The Morgan fingerprint density at radius 1 is 0.923 bits per heavy atom. The number of hydrogen-bond acceptors (Lipinski definition) is 6. The van der Waals surface area contributed by atoms with E-state index in [1.807, 2.05) is 34.0 Å². The van der Waals surface area contributed by atoms with Crippen molar-refractivity contribution in [2.24, 2.45) is 0 Å². The van der Waals surface area contributed by atoms with Gasteiger partial charge in [-0.05, 0) is 109 Å². The molecule has 2 aliphatic carbocycles.